The summed E-state index contributed by atoms with van der Waals surface area (Å²) in [6, 6.07) is 12.3. The number of nitrogens with one attached hydrogen (secondary N) is 1. The molecule has 4 rings (SSSR count). The van der Waals surface area contributed by atoms with Crippen LogP contribution in [0.3, 0.4) is 0 Å². The molecule has 0 saturated carbocycles. The molecule has 0 saturated heterocycles. The third-order valence-corrected chi connectivity index (χ3v) is 4.35. The molecule has 0 fully saturated rings. The van der Waals surface area contributed by atoms with Crippen LogP contribution >= 0.6 is 0 Å². The van der Waals surface area contributed by atoms with Crippen molar-refractivity contribution >= 4 is 17.2 Å². The highest BCUT2D eigenvalue weighted by Crippen LogP contribution is 2.40. The van der Waals surface area contributed by atoms with Gasteiger partial charge in [0.25, 0.3) is 0 Å². The number of anilines is 3. The van der Waals surface area contributed by atoms with Gasteiger partial charge in [-0.2, -0.15) is 0 Å². The molecule has 25 heavy (non-hydrogen) atoms. The van der Waals surface area contributed by atoms with Gasteiger partial charge in [0.15, 0.2) is 11.6 Å². The number of pyridine rings is 2. The van der Waals surface area contributed by atoms with Crippen molar-refractivity contribution in [1.82, 2.24) is 9.97 Å². The summed E-state index contributed by atoms with van der Waals surface area (Å²) in [6.45, 7) is 0.687. The van der Waals surface area contributed by atoms with Gasteiger partial charge in [0.2, 0.25) is 0 Å². The third-order valence-electron chi connectivity index (χ3n) is 4.35. The summed E-state index contributed by atoms with van der Waals surface area (Å²) in [7, 11) is 4.10. The van der Waals surface area contributed by atoms with Gasteiger partial charge in [-0.1, -0.05) is 12.1 Å². The second kappa shape index (κ2) is 6.43. The molecule has 0 aliphatic carbocycles. The van der Waals surface area contributed by atoms with E-state index in [0.29, 0.717) is 6.61 Å². The summed E-state index contributed by atoms with van der Waals surface area (Å²) < 4.78 is 5.89. The monoisotopic (exact) mass is 332 g/mol. The first-order valence-electron chi connectivity index (χ1n) is 8.32. The maximum absolute atomic E-state index is 5.89. The Bertz CT molecular complexity index is 893. The van der Waals surface area contributed by atoms with E-state index in [9.17, 15) is 0 Å². The summed E-state index contributed by atoms with van der Waals surface area (Å²) >= 11 is 0. The first kappa shape index (κ1) is 15.4. The Hall–Kier alpha value is -3.08. The van der Waals surface area contributed by atoms with Crippen molar-refractivity contribution < 1.29 is 4.74 Å². The first-order chi connectivity index (χ1) is 12.2. The highest BCUT2D eigenvalue weighted by atomic mass is 16.5. The minimum absolute atomic E-state index is 0.687. The van der Waals surface area contributed by atoms with E-state index in [-0.39, 0.29) is 0 Å². The van der Waals surface area contributed by atoms with Gasteiger partial charge in [0.1, 0.15) is 0 Å². The molecular formula is C20H20N4O. The normalized spacial score (nSPS) is 12.4. The predicted molar refractivity (Wildman–Crippen MR) is 101 cm³/mol. The number of aromatic nitrogens is 2. The number of ether oxygens (including phenoxy) is 1. The van der Waals surface area contributed by atoms with Gasteiger partial charge in [-0.15, -0.1) is 0 Å². The van der Waals surface area contributed by atoms with Gasteiger partial charge in [0.05, 0.1) is 6.61 Å². The summed E-state index contributed by atoms with van der Waals surface area (Å²) in [6.07, 6.45) is 6.34. The van der Waals surface area contributed by atoms with Crippen LogP contribution in [-0.2, 0) is 6.42 Å². The van der Waals surface area contributed by atoms with Crippen LogP contribution in [-0.4, -0.2) is 30.7 Å². The van der Waals surface area contributed by atoms with Crippen LogP contribution in [0.4, 0.5) is 17.2 Å². The first-order valence-corrected chi connectivity index (χ1v) is 8.32. The van der Waals surface area contributed by atoms with Crippen molar-refractivity contribution in [3.8, 4) is 16.9 Å². The Morgan fingerprint density at radius 1 is 1.12 bits per heavy atom. The number of hydrogen-bond donors (Lipinski definition) is 1. The summed E-state index contributed by atoms with van der Waals surface area (Å²) in [5.41, 5.74) is 5.63. The largest absolute Gasteiger partial charge is 0.489 e. The number of rotatable bonds is 4. The zero-order valence-electron chi connectivity index (χ0n) is 14.4. The summed E-state index contributed by atoms with van der Waals surface area (Å²) in [4.78, 5) is 10.8. The fourth-order valence-corrected chi connectivity index (χ4v) is 3.05. The number of hydrogen-bond acceptors (Lipinski definition) is 5. The smallest absolute Gasteiger partial charge is 0.173 e. The SMILES string of the molecule is CN(C)c1cccc(-c2cnc(Nc3ccncc3)c3c2CCO3)c1. The molecule has 1 aliphatic heterocycles. The Morgan fingerprint density at radius 3 is 2.76 bits per heavy atom. The molecule has 0 amide bonds. The minimum Gasteiger partial charge on any atom is -0.489 e. The lowest BCUT2D eigenvalue weighted by atomic mass is 9.99. The Labute approximate surface area is 147 Å². The van der Waals surface area contributed by atoms with E-state index in [1.54, 1.807) is 12.4 Å². The Kier molecular flexibility index (Phi) is 3.98. The standard InChI is InChI=1S/C20H20N4O/c1-24(2)16-5-3-4-14(12-16)18-13-22-20(19-17(18)8-11-25-19)23-15-6-9-21-10-7-15/h3-7,9-10,12-13H,8,11H2,1-2H3,(H,21,22,23). The van der Waals surface area contributed by atoms with Gasteiger partial charge in [0, 0.05) is 61.6 Å². The van der Waals surface area contributed by atoms with Gasteiger partial charge >= 0.3 is 0 Å². The van der Waals surface area contributed by atoms with Gasteiger partial charge in [-0.3, -0.25) is 4.98 Å². The van der Waals surface area contributed by atoms with E-state index in [1.165, 1.54) is 11.3 Å². The summed E-state index contributed by atoms with van der Waals surface area (Å²) in [5, 5.41) is 3.33. The van der Waals surface area contributed by atoms with Crippen molar-refractivity contribution in [2.45, 2.75) is 6.42 Å². The van der Waals surface area contributed by atoms with E-state index >= 15 is 0 Å². The number of fused-ring (bicyclic) bond motifs is 1. The Morgan fingerprint density at radius 2 is 1.96 bits per heavy atom. The van der Waals surface area contributed by atoms with Crippen LogP contribution in [0.5, 0.6) is 5.75 Å². The number of benzene rings is 1. The lowest BCUT2D eigenvalue weighted by Gasteiger charge is -2.16. The molecule has 1 aliphatic rings. The highest BCUT2D eigenvalue weighted by molar-refractivity contribution is 5.77. The van der Waals surface area contributed by atoms with E-state index in [1.807, 2.05) is 32.4 Å². The van der Waals surface area contributed by atoms with Crippen molar-refractivity contribution in [2.24, 2.45) is 0 Å². The van der Waals surface area contributed by atoms with Crippen LogP contribution in [0, 0.1) is 0 Å². The molecule has 5 nitrogen and oxygen atoms in total. The quantitative estimate of drug-likeness (QED) is 0.785. The van der Waals surface area contributed by atoms with Crippen LogP contribution < -0.4 is 15.0 Å². The van der Waals surface area contributed by atoms with Crippen LogP contribution in [0.15, 0.2) is 55.0 Å². The lowest BCUT2D eigenvalue weighted by molar-refractivity contribution is 0.357. The average molecular weight is 332 g/mol. The maximum atomic E-state index is 5.89. The fourth-order valence-electron chi connectivity index (χ4n) is 3.05. The zero-order valence-corrected chi connectivity index (χ0v) is 14.4. The third kappa shape index (κ3) is 3.01. The fraction of sp³-hybridized carbons (Fsp3) is 0.200. The lowest BCUT2D eigenvalue weighted by Crippen LogP contribution is -2.08. The molecule has 0 bridgehead atoms. The van der Waals surface area contributed by atoms with Gasteiger partial charge in [-0.05, 0) is 29.8 Å². The second-order valence-electron chi connectivity index (χ2n) is 6.23. The van der Waals surface area contributed by atoms with E-state index in [4.69, 9.17) is 4.74 Å². The summed E-state index contributed by atoms with van der Waals surface area (Å²) in [5.74, 6) is 1.61. The van der Waals surface area contributed by atoms with E-state index < -0.39 is 0 Å². The topological polar surface area (TPSA) is 50.3 Å². The van der Waals surface area contributed by atoms with Crippen LogP contribution in [0.1, 0.15) is 5.56 Å². The zero-order chi connectivity index (χ0) is 17.2. The van der Waals surface area contributed by atoms with Crippen molar-refractivity contribution in [1.29, 1.82) is 0 Å². The molecule has 3 aromatic rings. The molecule has 5 heteroatoms. The van der Waals surface area contributed by atoms with E-state index in [2.05, 4.69) is 44.5 Å². The Balaban J connectivity index is 1.74. The van der Waals surface area contributed by atoms with Crippen molar-refractivity contribution in [3.05, 3.63) is 60.6 Å². The van der Waals surface area contributed by atoms with Crippen molar-refractivity contribution in [2.75, 3.05) is 30.9 Å². The molecule has 0 spiro atoms. The van der Waals surface area contributed by atoms with Gasteiger partial charge < -0.3 is 15.0 Å². The molecule has 2 aromatic heterocycles. The molecule has 0 atom stereocenters. The van der Waals surface area contributed by atoms with Crippen molar-refractivity contribution in [3.63, 3.8) is 0 Å². The second-order valence-corrected chi connectivity index (χ2v) is 6.23. The highest BCUT2D eigenvalue weighted by Gasteiger charge is 2.22. The van der Waals surface area contributed by atoms with E-state index in [0.717, 1.165) is 34.8 Å². The van der Waals surface area contributed by atoms with Gasteiger partial charge in [-0.25, -0.2) is 4.98 Å². The molecule has 126 valence electrons. The predicted octanol–water partition coefficient (Wildman–Crippen LogP) is 3.89. The minimum atomic E-state index is 0.687. The molecule has 1 aromatic carbocycles. The van der Waals surface area contributed by atoms with Crippen LogP contribution in [0.25, 0.3) is 11.1 Å². The maximum Gasteiger partial charge on any atom is 0.173 e. The molecule has 0 unspecified atom stereocenters. The molecule has 3 heterocycles. The van der Waals surface area contributed by atoms with Crippen LogP contribution in [0.2, 0.25) is 0 Å². The molecular weight excluding hydrogens is 312 g/mol. The molecule has 0 radical (unpaired) electrons. The number of nitrogens with zero attached hydrogens (tertiary/aromatic N) is 3. The molecule has 1 N–H and O–H groups in total. The average Bonchev–Trinajstić information content (AvgIpc) is 3.13.